The summed E-state index contributed by atoms with van der Waals surface area (Å²) in [5.74, 6) is -0.286. The summed E-state index contributed by atoms with van der Waals surface area (Å²) in [7, 11) is 1.62. The first-order valence-electron chi connectivity index (χ1n) is 9.52. The quantitative estimate of drug-likeness (QED) is 0.695. The van der Waals surface area contributed by atoms with Crippen LogP contribution in [0.4, 0.5) is 5.69 Å². The third kappa shape index (κ3) is 2.70. The van der Waals surface area contributed by atoms with Crippen LogP contribution in [0.1, 0.15) is 18.0 Å². The van der Waals surface area contributed by atoms with Gasteiger partial charge < -0.3 is 4.74 Å². The number of benzene rings is 2. The number of fused-ring (bicyclic) bond motifs is 3. The van der Waals surface area contributed by atoms with Gasteiger partial charge in [0.2, 0.25) is 5.91 Å². The fourth-order valence-electron chi connectivity index (χ4n) is 4.84. The minimum Gasteiger partial charge on any atom is -0.497 e. The number of rotatable bonds is 3. The lowest BCUT2D eigenvalue weighted by Crippen LogP contribution is -2.44. The second-order valence-electron chi connectivity index (χ2n) is 7.45. The van der Waals surface area contributed by atoms with Gasteiger partial charge in [-0.05, 0) is 36.2 Å². The molecule has 6 nitrogen and oxygen atoms in total. The molecular weight excluding hydrogens is 413 g/mol. The molecule has 29 heavy (non-hydrogen) atoms. The van der Waals surface area contributed by atoms with Crippen LogP contribution in [0.2, 0.25) is 10.0 Å². The molecule has 0 bridgehead atoms. The average molecular weight is 432 g/mol. The van der Waals surface area contributed by atoms with Gasteiger partial charge in [-0.15, -0.1) is 0 Å². The van der Waals surface area contributed by atoms with Crippen molar-refractivity contribution in [3.63, 3.8) is 0 Å². The van der Waals surface area contributed by atoms with Gasteiger partial charge in [-0.3, -0.25) is 9.59 Å². The SMILES string of the molecule is COc1ccc([C@@H]2[C@@H]3C(=O)N(c4c(Cl)cccc4Cl)C(=O)[C@@H]3N3CCCN23)cc1. The number of ether oxygens (including phenoxy) is 1. The van der Waals surface area contributed by atoms with E-state index in [-0.39, 0.29) is 23.5 Å². The molecule has 0 saturated carbocycles. The second-order valence-corrected chi connectivity index (χ2v) is 8.26. The Kier molecular flexibility index (Phi) is 4.55. The van der Waals surface area contributed by atoms with Gasteiger partial charge in [0.25, 0.3) is 5.91 Å². The number of halogens is 2. The van der Waals surface area contributed by atoms with Crippen LogP contribution in [0.3, 0.4) is 0 Å². The highest BCUT2D eigenvalue weighted by molar-refractivity contribution is 6.42. The Bertz CT molecular complexity index is 977. The molecule has 3 aliphatic rings. The van der Waals surface area contributed by atoms with E-state index in [2.05, 4.69) is 5.01 Å². The van der Waals surface area contributed by atoms with Crippen LogP contribution in [0.15, 0.2) is 42.5 Å². The maximum absolute atomic E-state index is 13.6. The summed E-state index contributed by atoms with van der Waals surface area (Å²) < 4.78 is 5.26. The summed E-state index contributed by atoms with van der Waals surface area (Å²) in [5.41, 5.74) is 1.26. The molecule has 3 saturated heterocycles. The topological polar surface area (TPSA) is 53.1 Å². The standard InChI is InChI=1S/C21H19Cl2N3O3/c1-29-13-8-6-12(7-9-13)17-16-19(25-11-3-10-24(17)25)21(28)26(20(16)27)18-14(22)4-2-5-15(18)23/h2,4-9,16-17,19H,3,10-11H2,1H3/t16-,17+,19+/m0/s1. The van der Waals surface area contributed by atoms with Crippen LogP contribution < -0.4 is 9.64 Å². The predicted molar refractivity (Wildman–Crippen MR) is 110 cm³/mol. The van der Waals surface area contributed by atoms with Gasteiger partial charge >= 0.3 is 0 Å². The fraction of sp³-hybridized carbons (Fsp3) is 0.333. The molecule has 3 aliphatic heterocycles. The van der Waals surface area contributed by atoms with E-state index < -0.39 is 12.0 Å². The number of hydrogen-bond acceptors (Lipinski definition) is 5. The maximum atomic E-state index is 13.6. The lowest BCUT2D eigenvalue weighted by Gasteiger charge is -2.30. The van der Waals surface area contributed by atoms with Crippen molar-refractivity contribution in [3.05, 3.63) is 58.1 Å². The van der Waals surface area contributed by atoms with Gasteiger partial charge in [0.15, 0.2) is 0 Å². The van der Waals surface area contributed by atoms with Gasteiger partial charge in [-0.2, -0.15) is 0 Å². The molecule has 0 aliphatic carbocycles. The number of carbonyl (C=O) groups is 2. The lowest BCUT2D eigenvalue weighted by atomic mass is 9.90. The molecule has 0 unspecified atom stereocenters. The number of anilines is 1. The number of para-hydroxylation sites is 1. The normalized spacial score (nSPS) is 26.9. The number of carbonyl (C=O) groups excluding carboxylic acids is 2. The molecule has 3 atom stereocenters. The number of nitrogens with zero attached hydrogens (tertiary/aromatic N) is 3. The first-order chi connectivity index (χ1) is 14.0. The van der Waals surface area contributed by atoms with Crippen LogP contribution in [0, 0.1) is 5.92 Å². The molecule has 0 aromatic heterocycles. The molecule has 2 aromatic carbocycles. The van der Waals surface area contributed by atoms with Crippen molar-refractivity contribution in [2.24, 2.45) is 5.92 Å². The Balaban J connectivity index is 1.59. The molecule has 2 amide bonds. The molecule has 8 heteroatoms. The molecule has 3 heterocycles. The maximum Gasteiger partial charge on any atom is 0.253 e. The molecule has 0 spiro atoms. The van der Waals surface area contributed by atoms with E-state index in [0.717, 1.165) is 30.8 Å². The predicted octanol–water partition coefficient (Wildman–Crippen LogP) is 3.54. The van der Waals surface area contributed by atoms with Gasteiger partial charge in [-0.1, -0.05) is 41.4 Å². The summed E-state index contributed by atoms with van der Waals surface area (Å²) in [4.78, 5) is 28.2. The zero-order valence-corrected chi connectivity index (χ0v) is 17.2. The molecule has 0 radical (unpaired) electrons. The van der Waals surface area contributed by atoms with Crippen molar-refractivity contribution < 1.29 is 14.3 Å². The van der Waals surface area contributed by atoms with Crippen LogP contribution >= 0.6 is 23.2 Å². The fourth-order valence-corrected chi connectivity index (χ4v) is 5.40. The van der Waals surface area contributed by atoms with Gasteiger partial charge in [0.05, 0.1) is 34.8 Å². The average Bonchev–Trinajstić information content (AvgIpc) is 3.36. The van der Waals surface area contributed by atoms with E-state index in [1.165, 1.54) is 4.90 Å². The van der Waals surface area contributed by atoms with E-state index in [0.29, 0.717) is 10.0 Å². The summed E-state index contributed by atoms with van der Waals surface area (Å²) in [6.45, 7) is 1.56. The highest BCUT2D eigenvalue weighted by Crippen LogP contribution is 2.50. The van der Waals surface area contributed by atoms with Crippen molar-refractivity contribution in [1.82, 2.24) is 10.0 Å². The third-order valence-electron chi connectivity index (χ3n) is 6.02. The summed E-state index contributed by atoms with van der Waals surface area (Å²) in [5, 5.41) is 4.79. The van der Waals surface area contributed by atoms with Crippen molar-refractivity contribution in [3.8, 4) is 5.75 Å². The van der Waals surface area contributed by atoms with Crippen LogP contribution in [0.25, 0.3) is 0 Å². The molecule has 3 fully saturated rings. The number of methoxy groups -OCH3 is 1. The highest BCUT2D eigenvalue weighted by Gasteiger charge is 2.63. The monoisotopic (exact) mass is 431 g/mol. The zero-order chi connectivity index (χ0) is 20.3. The smallest absolute Gasteiger partial charge is 0.253 e. The number of imide groups is 1. The Morgan fingerprint density at radius 3 is 2.14 bits per heavy atom. The van der Waals surface area contributed by atoms with Crippen LogP contribution in [0.5, 0.6) is 5.75 Å². The second kappa shape index (κ2) is 6.99. The third-order valence-corrected chi connectivity index (χ3v) is 6.63. The minimum absolute atomic E-state index is 0.212. The zero-order valence-electron chi connectivity index (χ0n) is 15.7. The van der Waals surface area contributed by atoms with E-state index >= 15 is 0 Å². The van der Waals surface area contributed by atoms with Gasteiger partial charge in [-0.25, -0.2) is 14.9 Å². The Morgan fingerprint density at radius 2 is 1.52 bits per heavy atom. The Hall–Kier alpha value is -2.12. The van der Waals surface area contributed by atoms with Gasteiger partial charge in [0, 0.05) is 13.1 Å². The van der Waals surface area contributed by atoms with E-state index in [4.69, 9.17) is 27.9 Å². The number of hydrazine groups is 1. The lowest BCUT2D eigenvalue weighted by molar-refractivity contribution is -0.126. The molecule has 5 rings (SSSR count). The van der Waals surface area contributed by atoms with Crippen LogP contribution in [-0.4, -0.2) is 48.1 Å². The van der Waals surface area contributed by atoms with Crippen molar-refractivity contribution in [2.45, 2.75) is 18.5 Å². The number of amides is 2. The largest absolute Gasteiger partial charge is 0.497 e. The molecular formula is C21H19Cl2N3O3. The first kappa shape index (κ1) is 18.9. The van der Waals surface area contributed by atoms with Crippen molar-refractivity contribution in [1.29, 1.82) is 0 Å². The Labute approximate surface area is 178 Å². The number of hydrogen-bond donors (Lipinski definition) is 0. The molecule has 2 aromatic rings. The van der Waals surface area contributed by atoms with Crippen molar-refractivity contribution >= 4 is 40.7 Å². The first-order valence-corrected chi connectivity index (χ1v) is 10.3. The highest BCUT2D eigenvalue weighted by atomic mass is 35.5. The Morgan fingerprint density at radius 1 is 0.897 bits per heavy atom. The van der Waals surface area contributed by atoms with E-state index in [1.54, 1.807) is 25.3 Å². The van der Waals surface area contributed by atoms with E-state index in [1.807, 2.05) is 29.3 Å². The summed E-state index contributed by atoms with van der Waals surface area (Å²) in [6.07, 6.45) is 0.949. The summed E-state index contributed by atoms with van der Waals surface area (Å²) in [6, 6.07) is 11.9. The van der Waals surface area contributed by atoms with Gasteiger partial charge in [0.1, 0.15) is 11.8 Å². The summed E-state index contributed by atoms with van der Waals surface area (Å²) >= 11 is 12.7. The molecule has 150 valence electrons. The molecule has 0 N–H and O–H groups in total. The van der Waals surface area contributed by atoms with Crippen LogP contribution in [-0.2, 0) is 9.59 Å². The van der Waals surface area contributed by atoms with Crippen molar-refractivity contribution in [2.75, 3.05) is 25.1 Å². The van der Waals surface area contributed by atoms with E-state index in [9.17, 15) is 9.59 Å². The minimum atomic E-state index is -0.538.